The van der Waals surface area contributed by atoms with Crippen LogP contribution in [0.3, 0.4) is 0 Å². The van der Waals surface area contributed by atoms with Crippen LogP contribution >= 0.6 is 0 Å². The number of nitrogens with zero attached hydrogens (tertiary/aromatic N) is 2. The van der Waals surface area contributed by atoms with Gasteiger partial charge in [0.15, 0.2) is 0 Å². The molecule has 1 aromatic heterocycles. The van der Waals surface area contributed by atoms with Gasteiger partial charge in [-0.1, -0.05) is 6.92 Å². The summed E-state index contributed by atoms with van der Waals surface area (Å²) in [4.78, 5) is 15.6. The van der Waals surface area contributed by atoms with Crippen molar-refractivity contribution in [3.05, 3.63) is 18.2 Å². The molecule has 1 heterocycles. The molecule has 0 spiro atoms. The van der Waals surface area contributed by atoms with Gasteiger partial charge in [-0.05, 0) is 32.7 Å². The van der Waals surface area contributed by atoms with Crippen molar-refractivity contribution in [2.75, 3.05) is 6.54 Å². The second kappa shape index (κ2) is 4.49. The van der Waals surface area contributed by atoms with Crippen LogP contribution in [0.25, 0.3) is 0 Å². The van der Waals surface area contributed by atoms with E-state index in [9.17, 15) is 9.90 Å². The average Bonchev–Trinajstić information content (AvgIpc) is 2.86. The summed E-state index contributed by atoms with van der Waals surface area (Å²) in [6.45, 7) is 4.58. The lowest BCUT2D eigenvalue weighted by Gasteiger charge is -2.25. The van der Waals surface area contributed by atoms with Crippen LogP contribution in [0.1, 0.15) is 38.1 Å². The van der Waals surface area contributed by atoms with Crippen LogP contribution in [0.15, 0.2) is 12.4 Å². The van der Waals surface area contributed by atoms with E-state index < -0.39 is 11.5 Å². The van der Waals surface area contributed by atoms with Gasteiger partial charge in [-0.3, -0.25) is 4.79 Å². The molecule has 0 amide bonds. The molecule has 1 saturated carbocycles. The summed E-state index contributed by atoms with van der Waals surface area (Å²) in [5.74, 6) is 0.215. The molecule has 0 aliphatic heterocycles. The number of carbonyl (C=O) groups is 1. The largest absolute Gasteiger partial charge is 0.480 e. The van der Waals surface area contributed by atoms with Gasteiger partial charge in [-0.25, -0.2) is 4.98 Å². The van der Waals surface area contributed by atoms with Crippen molar-refractivity contribution in [1.29, 1.82) is 0 Å². The number of carboxylic acid groups (broad SMARTS) is 1. The SMILES string of the molecule is CCNC1(C(=O)O)CCC(n2ccnc2C)C1. The van der Waals surface area contributed by atoms with Gasteiger partial charge >= 0.3 is 5.97 Å². The van der Waals surface area contributed by atoms with E-state index in [4.69, 9.17) is 0 Å². The quantitative estimate of drug-likeness (QED) is 0.829. The molecule has 1 fully saturated rings. The first kappa shape index (κ1) is 12.1. The number of nitrogens with one attached hydrogen (secondary N) is 1. The van der Waals surface area contributed by atoms with Crippen LogP contribution in [-0.4, -0.2) is 32.7 Å². The lowest BCUT2D eigenvalue weighted by molar-refractivity contribution is -0.144. The van der Waals surface area contributed by atoms with Crippen molar-refractivity contribution in [1.82, 2.24) is 14.9 Å². The molecule has 5 heteroatoms. The highest BCUT2D eigenvalue weighted by atomic mass is 16.4. The molecule has 0 aromatic carbocycles. The van der Waals surface area contributed by atoms with E-state index in [1.807, 2.05) is 20.0 Å². The first-order valence-electron chi connectivity index (χ1n) is 6.07. The number of hydrogen-bond donors (Lipinski definition) is 2. The third-order valence-electron chi connectivity index (χ3n) is 3.67. The Labute approximate surface area is 101 Å². The normalized spacial score (nSPS) is 28.5. The molecule has 17 heavy (non-hydrogen) atoms. The molecular formula is C12H19N3O2. The van der Waals surface area contributed by atoms with Gasteiger partial charge in [0.1, 0.15) is 11.4 Å². The fourth-order valence-corrected chi connectivity index (χ4v) is 2.80. The van der Waals surface area contributed by atoms with Crippen molar-refractivity contribution >= 4 is 5.97 Å². The highest BCUT2D eigenvalue weighted by molar-refractivity contribution is 5.79. The predicted molar refractivity (Wildman–Crippen MR) is 63.9 cm³/mol. The Hall–Kier alpha value is -1.36. The number of aliphatic carboxylic acids is 1. The van der Waals surface area contributed by atoms with Gasteiger partial charge in [0, 0.05) is 18.4 Å². The molecule has 2 N–H and O–H groups in total. The molecule has 0 saturated heterocycles. The fourth-order valence-electron chi connectivity index (χ4n) is 2.80. The molecule has 2 rings (SSSR count). The van der Waals surface area contributed by atoms with Crippen LogP contribution in [0.2, 0.25) is 0 Å². The number of aromatic nitrogens is 2. The zero-order chi connectivity index (χ0) is 12.5. The maximum absolute atomic E-state index is 11.4. The minimum Gasteiger partial charge on any atom is -0.480 e. The average molecular weight is 237 g/mol. The number of hydrogen-bond acceptors (Lipinski definition) is 3. The molecule has 0 radical (unpaired) electrons. The predicted octanol–water partition coefficient (Wildman–Crippen LogP) is 1.35. The van der Waals surface area contributed by atoms with E-state index in [0.717, 1.165) is 12.2 Å². The van der Waals surface area contributed by atoms with Gasteiger partial charge in [-0.15, -0.1) is 0 Å². The summed E-state index contributed by atoms with van der Waals surface area (Å²) in [5, 5.41) is 12.5. The van der Waals surface area contributed by atoms with Gasteiger partial charge < -0.3 is 15.0 Å². The maximum Gasteiger partial charge on any atom is 0.323 e. The van der Waals surface area contributed by atoms with E-state index in [-0.39, 0.29) is 6.04 Å². The maximum atomic E-state index is 11.4. The zero-order valence-electron chi connectivity index (χ0n) is 10.3. The first-order valence-corrected chi connectivity index (χ1v) is 6.07. The Kier molecular flexibility index (Phi) is 3.19. The minimum atomic E-state index is -0.754. The van der Waals surface area contributed by atoms with E-state index in [1.54, 1.807) is 6.20 Å². The molecule has 5 nitrogen and oxygen atoms in total. The Morgan fingerprint density at radius 1 is 1.76 bits per heavy atom. The van der Waals surface area contributed by atoms with Gasteiger partial charge in [0.25, 0.3) is 0 Å². The second-order valence-electron chi connectivity index (χ2n) is 4.70. The molecule has 94 valence electrons. The molecule has 1 aromatic rings. The molecule has 0 bridgehead atoms. The highest BCUT2D eigenvalue weighted by Crippen LogP contribution is 2.38. The number of likely N-dealkylation sites (N-methyl/N-ethyl adjacent to an activating group) is 1. The van der Waals surface area contributed by atoms with Gasteiger partial charge in [-0.2, -0.15) is 0 Å². The molecule has 1 aliphatic carbocycles. The number of carboxylic acids is 1. The molecule has 2 unspecified atom stereocenters. The standard InChI is InChI=1S/C12H19N3O2/c1-3-14-12(11(16)17)5-4-10(8-12)15-7-6-13-9(15)2/h6-7,10,14H,3-5,8H2,1-2H3,(H,16,17). The van der Waals surface area contributed by atoms with Crippen LogP contribution in [0.5, 0.6) is 0 Å². The van der Waals surface area contributed by atoms with Gasteiger partial charge in [0.2, 0.25) is 0 Å². The molecular weight excluding hydrogens is 218 g/mol. The zero-order valence-corrected chi connectivity index (χ0v) is 10.3. The number of aryl methyl sites for hydroxylation is 1. The van der Waals surface area contributed by atoms with E-state index in [2.05, 4.69) is 14.9 Å². The number of imidazole rings is 1. The summed E-state index contributed by atoms with van der Waals surface area (Å²) in [5.41, 5.74) is -0.754. The molecule has 2 atom stereocenters. The topological polar surface area (TPSA) is 67.2 Å². The third kappa shape index (κ3) is 2.07. The second-order valence-corrected chi connectivity index (χ2v) is 4.70. The summed E-state index contributed by atoms with van der Waals surface area (Å²) in [6.07, 6.45) is 5.90. The Balaban J connectivity index is 2.18. The lowest BCUT2D eigenvalue weighted by atomic mass is 9.97. The number of rotatable bonds is 4. The van der Waals surface area contributed by atoms with E-state index >= 15 is 0 Å². The Morgan fingerprint density at radius 3 is 3.06 bits per heavy atom. The first-order chi connectivity index (χ1) is 8.09. The van der Waals surface area contributed by atoms with Crippen LogP contribution in [0, 0.1) is 6.92 Å². The summed E-state index contributed by atoms with van der Waals surface area (Å²) >= 11 is 0. The van der Waals surface area contributed by atoms with Crippen LogP contribution < -0.4 is 5.32 Å². The Bertz CT molecular complexity index is 416. The van der Waals surface area contributed by atoms with Crippen LogP contribution in [0.4, 0.5) is 0 Å². The summed E-state index contributed by atoms with van der Waals surface area (Å²) in [7, 11) is 0. The van der Waals surface area contributed by atoms with Gasteiger partial charge in [0.05, 0.1) is 0 Å². The van der Waals surface area contributed by atoms with Crippen molar-refractivity contribution in [2.24, 2.45) is 0 Å². The minimum absolute atomic E-state index is 0.243. The monoisotopic (exact) mass is 237 g/mol. The lowest BCUT2D eigenvalue weighted by Crippen LogP contribution is -2.50. The fraction of sp³-hybridized carbons (Fsp3) is 0.667. The third-order valence-corrected chi connectivity index (χ3v) is 3.67. The van der Waals surface area contributed by atoms with Crippen LogP contribution in [-0.2, 0) is 4.79 Å². The summed E-state index contributed by atoms with van der Waals surface area (Å²) in [6, 6.07) is 0.243. The van der Waals surface area contributed by atoms with Crippen molar-refractivity contribution in [3.8, 4) is 0 Å². The van der Waals surface area contributed by atoms with Crippen molar-refractivity contribution in [3.63, 3.8) is 0 Å². The Morgan fingerprint density at radius 2 is 2.53 bits per heavy atom. The highest BCUT2D eigenvalue weighted by Gasteiger charge is 2.45. The van der Waals surface area contributed by atoms with E-state index in [1.165, 1.54) is 0 Å². The van der Waals surface area contributed by atoms with Crippen molar-refractivity contribution in [2.45, 2.75) is 44.7 Å². The van der Waals surface area contributed by atoms with Crippen molar-refractivity contribution < 1.29 is 9.90 Å². The van der Waals surface area contributed by atoms with E-state index in [0.29, 0.717) is 19.4 Å². The summed E-state index contributed by atoms with van der Waals surface area (Å²) < 4.78 is 2.09. The smallest absolute Gasteiger partial charge is 0.323 e. The molecule has 1 aliphatic rings.